The Morgan fingerprint density at radius 1 is 1.25 bits per heavy atom. The smallest absolute Gasteiger partial charge is 0.324 e. The molecule has 108 valence electrons. The van der Waals surface area contributed by atoms with Gasteiger partial charge in [-0.1, -0.05) is 0 Å². The average molecular weight is 288 g/mol. The molecule has 2 rings (SSSR count). The second-order valence-electron chi connectivity index (χ2n) is 4.08. The summed E-state index contributed by atoms with van der Waals surface area (Å²) in [5.41, 5.74) is 4.28. The van der Waals surface area contributed by atoms with Crippen molar-refractivity contribution in [2.24, 2.45) is 5.73 Å². The van der Waals surface area contributed by atoms with Crippen molar-refractivity contribution in [3.8, 4) is 11.4 Å². The summed E-state index contributed by atoms with van der Waals surface area (Å²) >= 11 is 0. The van der Waals surface area contributed by atoms with Gasteiger partial charge in [0, 0.05) is 6.54 Å². The molecular weight excluding hydrogens is 276 g/mol. The highest BCUT2D eigenvalue weighted by Crippen LogP contribution is 2.33. The van der Waals surface area contributed by atoms with Gasteiger partial charge in [-0.2, -0.15) is 13.2 Å². The fourth-order valence-electron chi connectivity index (χ4n) is 1.89. The van der Waals surface area contributed by atoms with Crippen LogP contribution in [0.1, 0.15) is 18.3 Å². The molecule has 1 aromatic heterocycles. The third-order valence-electron chi connectivity index (χ3n) is 2.86. The second-order valence-corrected chi connectivity index (χ2v) is 4.08. The molecule has 0 aliphatic heterocycles. The molecular formula is C12H12F4N4. The first-order valence-corrected chi connectivity index (χ1v) is 5.87. The van der Waals surface area contributed by atoms with Crippen LogP contribution < -0.4 is 5.73 Å². The van der Waals surface area contributed by atoms with Gasteiger partial charge in [0.1, 0.15) is 11.6 Å². The van der Waals surface area contributed by atoms with Crippen LogP contribution >= 0.6 is 0 Å². The third kappa shape index (κ3) is 2.51. The van der Waals surface area contributed by atoms with Crippen LogP contribution in [0.2, 0.25) is 0 Å². The lowest BCUT2D eigenvalue weighted by molar-refractivity contribution is -0.137. The van der Waals surface area contributed by atoms with Crippen molar-refractivity contribution in [1.29, 1.82) is 0 Å². The van der Waals surface area contributed by atoms with Crippen LogP contribution in [0.3, 0.4) is 0 Å². The Balaban J connectivity index is 2.60. The molecule has 2 aromatic rings. The molecule has 20 heavy (non-hydrogen) atoms. The highest BCUT2D eigenvalue weighted by atomic mass is 19.4. The Labute approximate surface area is 112 Å². The van der Waals surface area contributed by atoms with Gasteiger partial charge in [0.25, 0.3) is 0 Å². The van der Waals surface area contributed by atoms with Crippen LogP contribution in [-0.2, 0) is 19.3 Å². The molecule has 4 nitrogen and oxygen atoms in total. The van der Waals surface area contributed by atoms with Crippen molar-refractivity contribution in [3.63, 3.8) is 0 Å². The van der Waals surface area contributed by atoms with E-state index in [1.807, 2.05) is 0 Å². The van der Waals surface area contributed by atoms with E-state index in [0.29, 0.717) is 18.4 Å². The minimum atomic E-state index is -4.55. The van der Waals surface area contributed by atoms with Crippen LogP contribution in [-0.4, -0.2) is 14.8 Å². The largest absolute Gasteiger partial charge is 0.416 e. The van der Waals surface area contributed by atoms with Crippen molar-refractivity contribution < 1.29 is 17.6 Å². The SMILES string of the molecule is CCn1c(CN)nnc1-c1cc(C(F)(F)F)ccc1F. The van der Waals surface area contributed by atoms with Crippen LogP contribution in [0.4, 0.5) is 17.6 Å². The number of aromatic nitrogens is 3. The maximum atomic E-state index is 13.8. The van der Waals surface area contributed by atoms with Gasteiger partial charge in [0.05, 0.1) is 17.7 Å². The summed E-state index contributed by atoms with van der Waals surface area (Å²) in [4.78, 5) is 0. The zero-order valence-electron chi connectivity index (χ0n) is 10.6. The number of alkyl halides is 3. The van der Waals surface area contributed by atoms with Crippen LogP contribution in [0.15, 0.2) is 18.2 Å². The van der Waals surface area contributed by atoms with E-state index in [9.17, 15) is 17.6 Å². The number of halogens is 4. The average Bonchev–Trinajstić information content (AvgIpc) is 2.80. The van der Waals surface area contributed by atoms with Gasteiger partial charge >= 0.3 is 6.18 Å². The summed E-state index contributed by atoms with van der Waals surface area (Å²) < 4.78 is 53.3. The van der Waals surface area contributed by atoms with Gasteiger partial charge in [-0.3, -0.25) is 0 Å². The second kappa shape index (κ2) is 5.20. The van der Waals surface area contributed by atoms with Crippen molar-refractivity contribution in [3.05, 3.63) is 35.4 Å². The van der Waals surface area contributed by atoms with Crippen molar-refractivity contribution in [2.75, 3.05) is 0 Å². The lowest BCUT2D eigenvalue weighted by Gasteiger charge is -2.11. The molecule has 0 spiro atoms. The Morgan fingerprint density at radius 3 is 2.50 bits per heavy atom. The lowest BCUT2D eigenvalue weighted by atomic mass is 10.1. The molecule has 0 fully saturated rings. The molecule has 0 saturated heterocycles. The van der Waals surface area contributed by atoms with Crippen LogP contribution in [0.5, 0.6) is 0 Å². The van der Waals surface area contributed by atoms with E-state index in [2.05, 4.69) is 10.2 Å². The fraction of sp³-hybridized carbons (Fsp3) is 0.333. The van der Waals surface area contributed by atoms with Gasteiger partial charge in [0.15, 0.2) is 5.82 Å². The van der Waals surface area contributed by atoms with Crippen molar-refractivity contribution in [2.45, 2.75) is 26.2 Å². The van der Waals surface area contributed by atoms with Gasteiger partial charge in [0.2, 0.25) is 0 Å². The highest BCUT2D eigenvalue weighted by Gasteiger charge is 2.31. The molecule has 0 saturated carbocycles. The minimum Gasteiger partial charge on any atom is -0.324 e. The lowest BCUT2D eigenvalue weighted by Crippen LogP contribution is -2.10. The first kappa shape index (κ1) is 14.4. The van der Waals surface area contributed by atoms with Crippen molar-refractivity contribution in [1.82, 2.24) is 14.8 Å². The molecule has 0 radical (unpaired) electrons. The summed E-state index contributed by atoms with van der Waals surface area (Å²) in [7, 11) is 0. The van der Waals surface area contributed by atoms with E-state index < -0.39 is 17.6 Å². The van der Waals surface area contributed by atoms with E-state index in [-0.39, 0.29) is 17.9 Å². The number of nitrogens with zero attached hydrogens (tertiary/aromatic N) is 3. The number of hydrogen-bond acceptors (Lipinski definition) is 3. The summed E-state index contributed by atoms with van der Waals surface area (Å²) in [5, 5.41) is 7.49. The number of benzene rings is 1. The molecule has 0 aliphatic rings. The maximum absolute atomic E-state index is 13.8. The Morgan fingerprint density at radius 2 is 1.95 bits per heavy atom. The van der Waals surface area contributed by atoms with Gasteiger partial charge in [-0.25, -0.2) is 4.39 Å². The Kier molecular flexibility index (Phi) is 3.76. The van der Waals surface area contributed by atoms with E-state index >= 15 is 0 Å². The Bertz CT molecular complexity index is 618. The summed E-state index contributed by atoms with van der Waals surface area (Å²) in [6.07, 6.45) is -4.55. The Hall–Kier alpha value is -1.96. The molecule has 0 aliphatic carbocycles. The molecule has 0 unspecified atom stereocenters. The molecule has 1 heterocycles. The molecule has 8 heteroatoms. The zero-order valence-corrected chi connectivity index (χ0v) is 10.6. The maximum Gasteiger partial charge on any atom is 0.416 e. The quantitative estimate of drug-likeness (QED) is 0.883. The number of nitrogens with two attached hydrogens (primary N) is 1. The summed E-state index contributed by atoms with van der Waals surface area (Å²) in [5.74, 6) is -0.362. The number of hydrogen-bond donors (Lipinski definition) is 1. The zero-order chi connectivity index (χ0) is 14.9. The molecule has 0 atom stereocenters. The topological polar surface area (TPSA) is 56.7 Å². The van der Waals surface area contributed by atoms with Crippen LogP contribution in [0.25, 0.3) is 11.4 Å². The monoisotopic (exact) mass is 288 g/mol. The summed E-state index contributed by atoms with van der Waals surface area (Å²) in [6, 6.07) is 2.19. The normalized spacial score (nSPS) is 11.9. The first-order valence-electron chi connectivity index (χ1n) is 5.87. The van der Waals surface area contributed by atoms with E-state index in [4.69, 9.17) is 5.73 Å². The van der Waals surface area contributed by atoms with E-state index in [1.165, 1.54) is 4.57 Å². The van der Waals surface area contributed by atoms with E-state index in [1.54, 1.807) is 6.92 Å². The van der Waals surface area contributed by atoms with E-state index in [0.717, 1.165) is 12.1 Å². The summed E-state index contributed by atoms with van der Waals surface area (Å²) in [6.45, 7) is 2.20. The van der Waals surface area contributed by atoms with Gasteiger partial charge in [-0.05, 0) is 25.1 Å². The molecule has 1 aromatic carbocycles. The van der Waals surface area contributed by atoms with Crippen molar-refractivity contribution >= 4 is 0 Å². The van der Waals surface area contributed by atoms with Crippen LogP contribution in [0, 0.1) is 5.82 Å². The first-order chi connectivity index (χ1) is 9.38. The minimum absolute atomic E-state index is 0.0385. The molecule has 0 bridgehead atoms. The highest BCUT2D eigenvalue weighted by molar-refractivity contribution is 5.58. The van der Waals surface area contributed by atoms with Gasteiger partial charge < -0.3 is 10.3 Å². The third-order valence-corrected chi connectivity index (χ3v) is 2.86. The molecule has 0 amide bonds. The predicted molar refractivity (Wildman–Crippen MR) is 64.0 cm³/mol. The standard InChI is InChI=1S/C12H12F4N4/c1-2-20-10(6-17)18-19-11(20)8-5-7(12(14,15)16)3-4-9(8)13/h3-5H,2,6,17H2,1H3. The predicted octanol–water partition coefficient (Wildman–Crippen LogP) is 2.58. The molecule has 2 N–H and O–H groups in total. The number of rotatable bonds is 3. The fourth-order valence-corrected chi connectivity index (χ4v) is 1.89. The van der Waals surface area contributed by atoms with Gasteiger partial charge in [-0.15, -0.1) is 10.2 Å².